The summed E-state index contributed by atoms with van der Waals surface area (Å²) in [6, 6.07) is 16.1. The summed E-state index contributed by atoms with van der Waals surface area (Å²) >= 11 is 0. The average Bonchev–Trinajstić information content (AvgIpc) is 2.40. The molecule has 0 unspecified atom stereocenters. The Morgan fingerprint density at radius 2 is 1.74 bits per heavy atom. The van der Waals surface area contributed by atoms with Gasteiger partial charge in [0.05, 0.1) is 0 Å². The Morgan fingerprint density at radius 3 is 2.53 bits per heavy atom. The Hall–Kier alpha value is -2.35. The third-order valence-electron chi connectivity index (χ3n) is 3.44. The molecule has 0 saturated heterocycles. The molecule has 3 aromatic rings. The van der Waals surface area contributed by atoms with Crippen molar-refractivity contribution in [3.8, 4) is 11.3 Å². The second-order valence-electron chi connectivity index (χ2n) is 4.92. The first-order valence-corrected chi connectivity index (χ1v) is 6.35. The maximum atomic E-state index is 12.2. The lowest BCUT2D eigenvalue weighted by atomic mass is 10.0. The molecule has 0 spiro atoms. The molecule has 1 aromatic heterocycles. The number of aryl methyl sites for hydroxylation is 2. The molecule has 1 N–H and O–H groups in total. The van der Waals surface area contributed by atoms with E-state index in [0.29, 0.717) is 0 Å². The molecule has 3 rings (SSSR count). The lowest BCUT2D eigenvalue weighted by Gasteiger charge is -2.07. The molecule has 0 amide bonds. The molecule has 19 heavy (non-hydrogen) atoms. The molecular formula is C17H15NO. The number of aromatic nitrogens is 1. The molecule has 2 heteroatoms. The van der Waals surface area contributed by atoms with Crippen LogP contribution >= 0.6 is 0 Å². The van der Waals surface area contributed by atoms with Gasteiger partial charge in [-0.3, -0.25) is 4.79 Å². The van der Waals surface area contributed by atoms with Crippen molar-refractivity contribution >= 4 is 10.8 Å². The predicted octanol–water partition coefficient (Wildman–Crippen LogP) is 3.81. The topological polar surface area (TPSA) is 32.9 Å². The van der Waals surface area contributed by atoms with Crippen LogP contribution in [-0.4, -0.2) is 4.98 Å². The molecule has 0 atom stereocenters. The van der Waals surface area contributed by atoms with Gasteiger partial charge in [0.2, 0.25) is 0 Å². The van der Waals surface area contributed by atoms with E-state index in [-0.39, 0.29) is 5.56 Å². The van der Waals surface area contributed by atoms with E-state index < -0.39 is 0 Å². The number of nitrogens with one attached hydrogen (secondary N) is 1. The molecule has 0 aliphatic heterocycles. The van der Waals surface area contributed by atoms with Gasteiger partial charge in [0.25, 0.3) is 5.56 Å². The Balaban J connectivity index is 2.31. The first kappa shape index (κ1) is 11.7. The van der Waals surface area contributed by atoms with Crippen LogP contribution in [0, 0.1) is 13.8 Å². The summed E-state index contributed by atoms with van der Waals surface area (Å²) in [5.74, 6) is 0. The third kappa shape index (κ3) is 2.06. The molecule has 0 aliphatic rings. The van der Waals surface area contributed by atoms with Crippen molar-refractivity contribution in [1.29, 1.82) is 0 Å². The second-order valence-corrected chi connectivity index (χ2v) is 4.92. The average molecular weight is 249 g/mol. The molecule has 0 fully saturated rings. The zero-order valence-corrected chi connectivity index (χ0v) is 11.0. The van der Waals surface area contributed by atoms with Gasteiger partial charge >= 0.3 is 0 Å². The zero-order chi connectivity index (χ0) is 13.4. The Labute approximate surface area is 111 Å². The number of hydrogen-bond donors (Lipinski definition) is 1. The van der Waals surface area contributed by atoms with Crippen LogP contribution in [0.25, 0.3) is 22.0 Å². The molecule has 1 heterocycles. The highest BCUT2D eigenvalue weighted by atomic mass is 16.1. The van der Waals surface area contributed by atoms with Gasteiger partial charge in [-0.25, -0.2) is 0 Å². The molecule has 2 aromatic carbocycles. The van der Waals surface area contributed by atoms with Crippen molar-refractivity contribution in [2.75, 3.05) is 0 Å². The number of fused-ring (bicyclic) bond motifs is 1. The number of pyridine rings is 1. The summed E-state index contributed by atoms with van der Waals surface area (Å²) in [6.07, 6.45) is 0. The quantitative estimate of drug-likeness (QED) is 0.699. The van der Waals surface area contributed by atoms with E-state index in [0.717, 1.165) is 33.2 Å². The fourth-order valence-corrected chi connectivity index (χ4v) is 2.39. The van der Waals surface area contributed by atoms with Crippen LogP contribution in [0.4, 0.5) is 0 Å². The van der Waals surface area contributed by atoms with Crippen molar-refractivity contribution in [3.05, 3.63) is 70.0 Å². The minimum Gasteiger partial charge on any atom is -0.321 e. The van der Waals surface area contributed by atoms with Crippen LogP contribution in [-0.2, 0) is 0 Å². The SMILES string of the molecule is Cc1ccc2cc(-c3ccccc3C)[nH]c(=O)c2c1. The van der Waals surface area contributed by atoms with Gasteiger partial charge in [0.15, 0.2) is 0 Å². The number of aromatic amines is 1. The van der Waals surface area contributed by atoms with Gasteiger partial charge in [0.1, 0.15) is 0 Å². The minimum atomic E-state index is -0.0283. The third-order valence-corrected chi connectivity index (χ3v) is 3.44. The standard InChI is InChI=1S/C17H15NO/c1-11-7-8-13-10-16(18-17(19)15(13)9-11)14-6-4-3-5-12(14)2/h3-10H,1-2H3,(H,18,19). The molecule has 0 radical (unpaired) electrons. The lowest BCUT2D eigenvalue weighted by molar-refractivity contribution is 1.26. The number of H-pyrrole nitrogens is 1. The molecular weight excluding hydrogens is 234 g/mol. The van der Waals surface area contributed by atoms with E-state index in [1.165, 1.54) is 0 Å². The van der Waals surface area contributed by atoms with E-state index in [9.17, 15) is 4.79 Å². The minimum absolute atomic E-state index is 0.0283. The highest BCUT2D eigenvalue weighted by Gasteiger charge is 2.06. The fraction of sp³-hybridized carbons (Fsp3) is 0.118. The zero-order valence-electron chi connectivity index (χ0n) is 11.0. The van der Waals surface area contributed by atoms with E-state index in [4.69, 9.17) is 0 Å². The fourth-order valence-electron chi connectivity index (χ4n) is 2.39. The van der Waals surface area contributed by atoms with Gasteiger partial charge in [-0.1, -0.05) is 42.0 Å². The van der Waals surface area contributed by atoms with Crippen LogP contribution < -0.4 is 5.56 Å². The van der Waals surface area contributed by atoms with E-state index in [1.54, 1.807) is 0 Å². The van der Waals surface area contributed by atoms with Crippen molar-refractivity contribution in [2.24, 2.45) is 0 Å². The summed E-state index contributed by atoms with van der Waals surface area (Å²) in [7, 11) is 0. The highest BCUT2D eigenvalue weighted by molar-refractivity contribution is 5.86. The second kappa shape index (κ2) is 4.39. The van der Waals surface area contributed by atoms with Crippen LogP contribution in [0.3, 0.4) is 0 Å². The molecule has 2 nitrogen and oxygen atoms in total. The van der Waals surface area contributed by atoms with Gasteiger partial charge in [0, 0.05) is 16.6 Å². The molecule has 0 bridgehead atoms. The highest BCUT2D eigenvalue weighted by Crippen LogP contribution is 2.23. The van der Waals surface area contributed by atoms with Crippen LogP contribution in [0.1, 0.15) is 11.1 Å². The van der Waals surface area contributed by atoms with E-state index >= 15 is 0 Å². The van der Waals surface area contributed by atoms with Crippen molar-refractivity contribution in [3.63, 3.8) is 0 Å². The summed E-state index contributed by atoms with van der Waals surface area (Å²) in [6.45, 7) is 4.04. The molecule has 94 valence electrons. The van der Waals surface area contributed by atoms with Gasteiger partial charge < -0.3 is 4.98 Å². The molecule has 0 saturated carbocycles. The maximum Gasteiger partial charge on any atom is 0.256 e. The van der Waals surface area contributed by atoms with Crippen LogP contribution in [0.15, 0.2) is 53.3 Å². The summed E-state index contributed by atoms with van der Waals surface area (Å²) in [5, 5.41) is 1.73. The molecule has 0 aliphatic carbocycles. The van der Waals surface area contributed by atoms with Gasteiger partial charge in [-0.15, -0.1) is 0 Å². The van der Waals surface area contributed by atoms with Gasteiger partial charge in [-0.2, -0.15) is 0 Å². The van der Waals surface area contributed by atoms with E-state index in [1.807, 2.05) is 62.4 Å². The predicted molar refractivity (Wildman–Crippen MR) is 79.5 cm³/mol. The monoisotopic (exact) mass is 249 g/mol. The largest absolute Gasteiger partial charge is 0.321 e. The summed E-state index contributed by atoms with van der Waals surface area (Å²) in [4.78, 5) is 15.2. The summed E-state index contributed by atoms with van der Waals surface area (Å²) in [5.41, 5.74) is 4.17. The van der Waals surface area contributed by atoms with Gasteiger partial charge in [-0.05, 0) is 36.9 Å². The van der Waals surface area contributed by atoms with Crippen molar-refractivity contribution < 1.29 is 0 Å². The smallest absolute Gasteiger partial charge is 0.256 e. The maximum absolute atomic E-state index is 12.2. The van der Waals surface area contributed by atoms with Crippen molar-refractivity contribution in [2.45, 2.75) is 13.8 Å². The number of benzene rings is 2. The van der Waals surface area contributed by atoms with E-state index in [2.05, 4.69) is 4.98 Å². The Morgan fingerprint density at radius 1 is 0.947 bits per heavy atom. The number of hydrogen-bond acceptors (Lipinski definition) is 1. The Bertz CT molecular complexity index is 815. The first-order chi connectivity index (χ1) is 9.15. The Kier molecular flexibility index (Phi) is 2.71. The van der Waals surface area contributed by atoms with Crippen molar-refractivity contribution in [1.82, 2.24) is 4.98 Å². The first-order valence-electron chi connectivity index (χ1n) is 6.35. The normalized spacial score (nSPS) is 10.8. The lowest BCUT2D eigenvalue weighted by Crippen LogP contribution is -2.07. The van der Waals surface area contributed by atoms with Crippen LogP contribution in [0.2, 0.25) is 0 Å². The summed E-state index contributed by atoms with van der Waals surface area (Å²) < 4.78 is 0. The number of rotatable bonds is 1. The van der Waals surface area contributed by atoms with Crippen LogP contribution in [0.5, 0.6) is 0 Å².